The van der Waals surface area contributed by atoms with Crippen molar-refractivity contribution >= 4 is 23.2 Å². The van der Waals surface area contributed by atoms with E-state index in [-0.39, 0.29) is 5.91 Å². The van der Waals surface area contributed by atoms with Crippen molar-refractivity contribution in [2.75, 3.05) is 32.2 Å². The molecule has 25 heavy (non-hydrogen) atoms. The third-order valence-corrected chi connectivity index (χ3v) is 4.25. The molecule has 1 amide bonds. The zero-order valence-electron chi connectivity index (χ0n) is 14.3. The number of carbonyl (C=O) groups is 1. The number of amides is 1. The van der Waals surface area contributed by atoms with Gasteiger partial charge < -0.3 is 19.7 Å². The van der Waals surface area contributed by atoms with Gasteiger partial charge in [-0.05, 0) is 29.8 Å². The predicted octanol–water partition coefficient (Wildman–Crippen LogP) is 3.50. The summed E-state index contributed by atoms with van der Waals surface area (Å²) in [5, 5.41) is 3.29. The molecule has 2 aromatic rings. The largest absolute Gasteiger partial charge is 0.489 e. The Labute approximate surface area is 152 Å². The molecule has 132 valence electrons. The van der Waals surface area contributed by atoms with E-state index in [1.807, 2.05) is 43.3 Å². The standard InChI is InChI=1S/C19H21ClN2O3/c1-22(2)15-6-4-13(5-7-15)12-21-19(23)14-10-16(20)18-17(11-14)24-8-3-9-25-18/h4-7,10-11H,3,8-9,12H2,1-2H3,(H,21,23). The highest BCUT2D eigenvalue weighted by molar-refractivity contribution is 6.32. The molecule has 0 atom stereocenters. The highest BCUT2D eigenvalue weighted by atomic mass is 35.5. The van der Waals surface area contributed by atoms with Crippen LogP contribution in [-0.2, 0) is 6.54 Å². The van der Waals surface area contributed by atoms with E-state index in [2.05, 4.69) is 5.32 Å². The zero-order valence-corrected chi connectivity index (χ0v) is 15.1. The van der Waals surface area contributed by atoms with Gasteiger partial charge in [-0.15, -0.1) is 0 Å². The summed E-state index contributed by atoms with van der Waals surface area (Å²) in [6.45, 7) is 1.55. The van der Waals surface area contributed by atoms with Gasteiger partial charge in [0.25, 0.3) is 5.91 Å². The number of fused-ring (bicyclic) bond motifs is 1. The maximum atomic E-state index is 12.4. The number of rotatable bonds is 4. The van der Waals surface area contributed by atoms with Crippen LogP contribution in [-0.4, -0.2) is 33.2 Å². The second-order valence-corrected chi connectivity index (χ2v) is 6.49. The van der Waals surface area contributed by atoms with Crippen molar-refractivity contribution in [2.45, 2.75) is 13.0 Å². The maximum absolute atomic E-state index is 12.4. The minimum absolute atomic E-state index is 0.200. The first-order valence-electron chi connectivity index (χ1n) is 8.18. The van der Waals surface area contributed by atoms with E-state index in [9.17, 15) is 4.79 Å². The molecular formula is C19H21ClN2O3. The van der Waals surface area contributed by atoms with Gasteiger partial charge in [0.1, 0.15) is 0 Å². The van der Waals surface area contributed by atoms with E-state index in [1.54, 1.807) is 12.1 Å². The van der Waals surface area contributed by atoms with E-state index in [1.165, 1.54) is 0 Å². The maximum Gasteiger partial charge on any atom is 0.251 e. The van der Waals surface area contributed by atoms with Crippen LogP contribution in [0.4, 0.5) is 5.69 Å². The smallest absolute Gasteiger partial charge is 0.251 e. The summed E-state index contributed by atoms with van der Waals surface area (Å²) < 4.78 is 11.2. The van der Waals surface area contributed by atoms with Crippen LogP contribution in [0.15, 0.2) is 36.4 Å². The number of hydrogen-bond donors (Lipinski definition) is 1. The van der Waals surface area contributed by atoms with Gasteiger partial charge in [0.15, 0.2) is 11.5 Å². The molecule has 0 aromatic heterocycles. The molecule has 0 bridgehead atoms. The van der Waals surface area contributed by atoms with Gasteiger partial charge in [0.05, 0.1) is 18.2 Å². The number of benzene rings is 2. The normalized spacial score (nSPS) is 13.1. The SMILES string of the molecule is CN(C)c1ccc(CNC(=O)c2cc(Cl)c3c(c2)OCCCO3)cc1. The first-order chi connectivity index (χ1) is 12.0. The molecule has 1 heterocycles. The summed E-state index contributed by atoms with van der Waals surface area (Å²) in [6.07, 6.45) is 0.787. The van der Waals surface area contributed by atoms with Crippen molar-refractivity contribution in [1.29, 1.82) is 0 Å². The van der Waals surface area contributed by atoms with E-state index >= 15 is 0 Å². The highest BCUT2D eigenvalue weighted by Crippen LogP contribution is 2.37. The molecule has 5 nitrogen and oxygen atoms in total. The Morgan fingerprint density at radius 2 is 1.88 bits per heavy atom. The lowest BCUT2D eigenvalue weighted by Crippen LogP contribution is -2.23. The third-order valence-electron chi connectivity index (χ3n) is 3.97. The number of anilines is 1. The summed E-state index contributed by atoms with van der Waals surface area (Å²) in [6, 6.07) is 11.3. The Balaban J connectivity index is 1.69. The summed E-state index contributed by atoms with van der Waals surface area (Å²) in [5.41, 5.74) is 2.60. The van der Waals surface area contributed by atoms with Crippen LogP contribution in [0.1, 0.15) is 22.3 Å². The molecule has 0 fully saturated rings. The molecule has 0 saturated carbocycles. The summed E-state index contributed by atoms with van der Waals surface area (Å²) in [7, 11) is 3.98. The lowest BCUT2D eigenvalue weighted by molar-refractivity contribution is 0.0950. The quantitative estimate of drug-likeness (QED) is 0.906. The lowest BCUT2D eigenvalue weighted by Gasteiger charge is -2.13. The molecule has 1 N–H and O–H groups in total. The molecule has 0 aliphatic carbocycles. The zero-order chi connectivity index (χ0) is 17.8. The fourth-order valence-corrected chi connectivity index (χ4v) is 2.82. The van der Waals surface area contributed by atoms with Crippen molar-refractivity contribution < 1.29 is 14.3 Å². The highest BCUT2D eigenvalue weighted by Gasteiger charge is 2.18. The van der Waals surface area contributed by atoms with Crippen LogP contribution in [0, 0.1) is 0 Å². The fourth-order valence-electron chi connectivity index (χ4n) is 2.56. The van der Waals surface area contributed by atoms with E-state index in [4.69, 9.17) is 21.1 Å². The van der Waals surface area contributed by atoms with Crippen LogP contribution in [0.2, 0.25) is 5.02 Å². The number of hydrogen-bond acceptors (Lipinski definition) is 4. The van der Waals surface area contributed by atoms with Crippen LogP contribution < -0.4 is 19.7 Å². The van der Waals surface area contributed by atoms with Gasteiger partial charge in [-0.2, -0.15) is 0 Å². The number of ether oxygens (including phenoxy) is 2. The first kappa shape index (κ1) is 17.4. The predicted molar refractivity (Wildman–Crippen MR) is 99.0 cm³/mol. The van der Waals surface area contributed by atoms with Gasteiger partial charge in [0.2, 0.25) is 0 Å². The van der Waals surface area contributed by atoms with Crippen molar-refractivity contribution in [3.8, 4) is 11.5 Å². The van der Waals surface area contributed by atoms with Gasteiger partial charge in [-0.25, -0.2) is 0 Å². The average molecular weight is 361 g/mol. The Kier molecular flexibility index (Phi) is 5.34. The second kappa shape index (κ2) is 7.66. The summed E-state index contributed by atoms with van der Waals surface area (Å²) >= 11 is 6.24. The van der Waals surface area contributed by atoms with Crippen molar-refractivity contribution in [3.05, 3.63) is 52.5 Å². The molecule has 0 spiro atoms. The minimum Gasteiger partial charge on any atom is -0.489 e. The minimum atomic E-state index is -0.200. The van der Waals surface area contributed by atoms with E-state index in [0.29, 0.717) is 41.8 Å². The Hall–Kier alpha value is -2.40. The summed E-state index contributed by atoms with van der Waals surface area (Å²) in [5.74, 6) is 0.828. The molecule has 0 unspecified atom stereocenters. The Morgan fingerprint density at radius 1 is 1.16 bits per heavy atom. The average Bonchev–Trinajstić information content (AvgIpc) is 2.85. The van der Waals surface area contributed by atoms with Crippen molar-refractivity contribution in [2.24, 2.45) is 0 Å². The Bertz CT molecular complexity index is 760. The van der Waals surface area contributed by atoms with E-state index < -0.39 is 0 Å². The molecule has 3 rings (SSSR count). The number of nitrogens with zero attached hydrogens (tertiary/aromatic N) is 1. The van der Waals surface area contributed by atoms with Gasteiger partial charge >= 0.3 is 0 Å². The molecule has 1 aliphatic rings. The molecule has 0 saturated heterocycles. The monoisotopic (exact) mass is 360 g/mol. The molecule has 0 radical (unpaired) electrons. The topological polar surface area (TPSA) is 50.8 Å². The van der Waals surface area contributed by atoms with Crippen LogP contribution in [0.3, 0.4) is 0 Å². The molecular weight excluding hydrogens is 340 g/mol. The van der Waals surface area contributed by atoms with Gasteiger partial charge in [-0.3, -0.25) is 4.79 Å². The molecule has 1 aliphatic heterocycles. The number of halogens is 1. The van der Waals surface area contributed by atoms with E-state index in [0.717, 1.165) is 17.7 Å². The number of carbonyl (C=O) groups excluding carboxylic acids is 1. The lowest BCUT2D eigenvalue weighted by atomic mass is 10.1. The van der Waals surface area contributed by atoms with Crippen LogP contribution in [0.5, 0.6) is 11.5 Å². The third kappa shape index (κ3) is 4.17. The molecule has 6 heteroatoms. The number of nitrogens with one attached hydrogen (secondary N) is 1. The first-order valence-corrected chi connectivity index (χ1v) is 8.56. The van der Waals surface area contributed by atoms with Gasteiger partial charge in [-0.1, -0.05) is 23.7 Å². The van der Waals surface area contributed by atoms with Crippen molar-refractivity contribution in [3.63, 3.8) is 0 Å². The summed E-state index contributed by atoms with van der Waals surface area (Å²) in [4.78, 5) is 14.5. The molecule has 2 aromatic carbocycles. The van der Waals surface area contributed by atoms with Crippen LogP contribution in [0.25, 0.3) is 0 Å². The second-order valence-electron chi connectivity index (χ2n) is 6.08. The fraction of sp³-hybridized carbons (Fsp3) is 0.316. The van der Waals surface area contributed by atoms with Crippen LogP contribution >= 0.6 is 11.6 Å². The Morgan fingerprint density at radius 3 is 2.60 bits per heavy atom. The van der Waals surface area contributed by atoms with Gasteiger partial charge in [0, 0.05) is 38.3 Å². The van der Waals surface area contributed by atoms with Crippen molar-refractivity contribution in [1.82, 2.24) is 5.32 Å².